The van der Waals surface area contributed by atoms with Crippen molar-refractivity contribution >= 4 is 46.4 Å². The van der Waals surface area contributed by atoms with Crippen molar-refractivity contribution in [2.75, 3.05) is 9.80 Å². The number of pyridine rings is 2. The molecule has 2 aliphatic heterocycles. The van der Waals surface area contributed by atoms with Crippen LogP contribution in [-0.4, -0.2) is 33.6 Å². The topological polar surface area (TPSA) is 101 Å². The molecule has 5 aliphatic rings. The van der Waals surface area contributed by atoms with Gasteiger partial charge in [-0.15, -0.1) is 0 Å². The Labute approximate surface area is 254 Å². The number of nitrogens with zero attached hydrogens (tertiary/aromatic N) is 4. The fourth-order valence-corrected chi connectivity index (χ4v) is 8.72. The highest BCUT2D eigenvalue weighted by atomic mass is 16.2. The summed E-state index contributed by atoms with van der Waals surface area (Å²) in [6.45, 7) is 1.97. The van der Waals surface area contributed by atoms with E-state index in [9.17, 15) is 19.2 Å². The number of anilines is 2. The van der Waals surface area contributed by atoms with Crippen LogP contribution in [0.1, 0.15) is 24.5 Å². The summed E-state index contributed by atoms with van der Waals surface area (Å²) in [6, 6.07) is 29.8. The second-order valence-electron chi connectivity index (χ2n) is 11.8. The van der Waals surface area contributed by atoms with Gasteiger partial charge in [0, 0.05) is 23.7 Å². The van der Waals surface area contributed by atoms with Gasteiger partial charge < -0.3 is 0 Å². The van der Waals surface area contributed by atoms with Gasteiger partial charge in [-0.05, 0) is 53.0 Å². The minimum atomic E-state index is -1.15. The van der Waals surface area contributed by atoms with Gasteiger partial charge in [0.05, 0.1) is 23.7 Å². The lowest BCUT2D eigenvalue weighted by Gasteiger charge is -2.58. The lowest BCUT2D eigenvalue weighted by molar-refractivity contribution is -0.145. The molecular formula is C36H28N4O4. The van der Waals surface area contributed by atoms with Crippen LogP contribution in [0.25, 0.3) is 11.1 Å². The number of carbonyl (C=O) groups is 4. The van der Waals surface area contributed by atoms with Crippen LogP contribution >= 0.6 is 0 Å². The van der Waals surface area contributed by atoms with E-state index in [1.807, 2.05) is 67.6 Å². The van der Waals surface area contributed by atoms with Crippen molar-refractivity contribution in [1.82, 2.24) is 9.97 Å². The van der Waals surface area contributed by atoms with E-state index in [4.69, 9.17) is 0 Å². The molecule has 9 rings (SSSR count). The lowest BCUT2D eigenvalue weighted by atomic mass is 9.40. The maximum Gasteiger partial charge on any atom is 0.239 e. The predicted octanol–water partition coefficient (Wildman–Crippen LogP) is 5.04. The van der Waals surface area contributed by atoms with Crippen LogP contribution in [0.15, 0.2) is 109 Å². The normalized spacial score (nSPS) is 29.0. The average molecular weight is 581 g/mol. The maximum atomic E-state index is 14.7. The van der Waals surface area contributed by atoms with E-state index in [1.54, 1.807) is 48.8 Å². The lowest BCUT2D eigenvalue weighted by Crippen LogP contribution is -2.60. The Hall–Kier alpha value is -5.24. The van der Waals surface area contributed by atoms with E-state index in [-0.39, 0.29) is 35.3 Å². The van der Waals surface area contributed by atoms with Gasteiger partial charge >= 0.3 is 0 Å². The second kappa shape index (κ2) is 9.64. The van der Waals surface area contributed by atoms with E-state index in [0.717, 1.165) is 22.3 Å². The maximum absolute atomic E-state index is 14.7. The quantitative estimate of drug-likeness (QED) is 0.307. The van der Waals surface area contributed by atoms with Crippen LogP contribution in [0.5, 0.6) is 0 Å². The highest BCUT2D eigenvalue weighted by Gasteiger charge is 2.77. The van der Waals surface area contributed by atoms with Gasteiger partial charge in [0.15, 0.2) is 0 Å². The van der Waals surface area contributed by atoms with Crippen LogP contribution in [0, 0.1) is 35.0 Å². The first-order chi connectivity index (χ1) is 21.5. The number of rotatable bonds is 5. The standard InChI is InChI=1S/C36H28N4O4/c1-2-36-29(22-15-7-4-8-16-22)25(21-13-5-3-6-14-21)26(27-30(36)34(43)39(32(27)41)23-17-9-11-19-37-23)28-31(36)35(44)40(33(28)42)24-18-10-12-20-38-24/h3-20,26-28,30-31H,2H2,1H3. The summed E-state index contributed by atoms with van der Waals surface area (Å²) < 4.78 is 0. The Morgan fingerprint density at radius 3 is 1.45 bits per heavy atom. The van der Waals surface area contributed by atoms with Crippen molar-refractivity contribution in [3.63, 3.8) is 0 Å². The largest absolute Gasteiger partial charge is 0.274 e. The van der Waals surface area contributed by atoms with Gasteiger partial charge in [0.25, 0.3) is 0 Å². The van der Waals surface area contributed by atoms with Crippen molar-refractivity contribution in [3.05, 3.63) is 121 Å². The molecule has 4 aromatic rings. The van der Waals surface area contributed by atoms with Crippen molar-refractivity contribution < 1.29 is 19.2 Å². The highest BCUT2D eigenvalue weighted by Crippen LogP contribution is 2.73. The van der Waals surface area contributed by atoms with E-state index < -0.39 is 35.0 Å². The Balaban J connectivity index is 1.45. The number of imide groups is 2. The summed E-state index contributed by atoms with van der Waals surface area (Å²) >= 11 is 0. The van der Waals surface area contributed by atoms with E-state index in [2.05, 4.69) is 9.97 Å². The van der Waals surface area contributed by atoms with Crippen LogP contribution in [0.3, 0.4) is 0 Å². The SMILES string of the molecule is CCC12C(c3ccccc3)=C(c3ccccc3)C(C3C(=O)N(c4ccccn4)C(=O)C31)C1C(=O)N(c3ccccn3)C(=O)C12. The average Bonchev–Trinajstić information content (AvgIpc) is 3.51. The van der Waals surface area contributed by atoms with Crippen LogP contribution in [-0.2, 0) is 19.2 Å². The molecule has 4 unspecified atom stereocenters. The highest BCUT2D eigenvalue weighted by molar-refractivity contribution is 6.29. The predicted molar refractivity (Wildman–Crippen MR) is 163 cm³/mol. The van der Waals surface area contributed by atoms with Gasteiger partial charge in [0.1, 0.15) is 11.6 Å². The molecule has 3 aliphatic carbocycles. The summed E-state index contributed by atoms with van der Waals surface area (Å²) in [5.74, 6) is -5.09. The van der Waals surface area contributed by atoms with Crippen molar-refractivity contribution in [2.24, 2.45) is 35.0 Å². The molecule has 8 nitrogen and oxygen atoms in total. The molecule has 2 aromatic heterocycles. The molecular weight excluding hydrogens is 552 g/mol. The number of aromatic nitrogens is 2. The minimum absolute atomic E-state index is 0.253. The van der Waals surface area contributed by atoms with E-state index in [0.29, 0.717) is 6.42 Å². The fraction of sp³-hybridized carbons (Fsp3) is 0.222. The summed E-state index contributed by atoms with van der Waals surface area (Å²) in [6.07, 6.45) is 3.47. The zero-order valence-corrected chi connectivity index (χ0v) is 23.9. The number of hydrogen-bond donors (Lipinski definition) is 0. The third-order valence-corrected chi connectivity index (χ3v) is 10.1. The van der Waals surface area contributed by atoms with Crippen molar-refractivity contribution in [2.45, 2.75) is 13.3 Å². The molecule has 0 N–H and O–H groups in total. The minimum Gasteiger partial charge on any atom is -0.274 e. The molecule has 216 valence electrons. The monoisotopic (exact) mass is 580 g/mol. The second-order valence-corrected chi connectivity index (χ2v) is 11.8. The molecule has 2 aromatic carbocycles. The molecule has 2 bridgehead atoms. The van der Waals surface area contributed by atoms with Crippen LogP contribution in [0.2, 0.25) is 0 Å². The molecule has 0 spiro atoms. The van der Waals surface area contributed by atoms with Gasteiger partial charge in [-0.3, -0.25) is 19.2 Å². The molecule has 4 atom stereocenters. The van der Waals surface area contributed by atoms with Crippen LogP contribution in [0.4, 0.5) is 11.6 Å². The van der Waals surface area contributed by atoms with E-state index in [1.165, 1.54) is 9.80 Å². The van der Waals surface area contributed by atoms with E-state index >= 15 is 0 Å². The summed E-state index contributed by atoms with van der Waals surface area (Å²) in [7, 11) is 0. The number of carbonyl (C=O) groups excluding carboxylic acids is 4. The zero-order chi connectivity index (χ0) is 30.2. The van der Waals surface area contributed by atoms with Gasteiger partial charge in [-0.25, -0.2) is 19.8 Å². The molecule has 8 heteroatoms. The Morgan fingerprint density at radius 1 is 0.568 bits per heavy atom. The number of hydrogen-bond acceptors (Lipinski definition) is 6. The Morgan fingerprint density at radius 2 is 1.02 bits per heavy atom. The number of amides is 4. The first-order valence-electron chi connectivity index (χ1n) is 14.9. The molecule has 4 heterocycles. The van der Waals surface area contributed by atoms with Gasteiger partial charge in [-0.2, -0.15) is 0 Å². The first-order valence-corrected chi connectivity index (χ1v) is 14.9. The fourth-order valence-electron chi connectivity index (χ4n) is 8.72. The van der Waals surface area contributed by atoms with Crippen molar-refractivity contribution in [3.8, 4) is 0 Å². The smallest absolute Gasteiger partial charge is 0.239 e. The molecule has 4 amide bonds. The molecule has 2 saturated heterocycles. The Bertz CT molecular complexity index is 1780. The number of benzene rings is 2. The Kier molecular flexibility index (Phi) is 5.78. The van der Waals surface area contributed by atoms with Crippen molar-refractivity contribution in [1.29, 1.82) is 0 Å². The van der Waals surface area contributed by atoms with Gasteiger partial charge in [-0.1, -0.05) is 79.7 Å². The third-order valence-electron chi connectivity index (χ3n) is 10.1. The zero-order valence-electron chi connectivity index (χ0n) is 23.9. The third kappa shape index (κ3) is 3.28. The molecule has 0 radical (unpaired) electrons. The summed E-state index contributed by atoms with van der Waals surface area (Å²) in [5, 5.41) is 0. The van der Waals surface area contributed by atoms with Gasteiger partial charge in [0.2, 0.25) is 23.6 Å². The van der Waals surface area contributed by atoms with Crippen LogP contribution < -0.4 is 9.80 Å². The molecule has 44 heavy (non-hydrogen) atoms. The molecule has 3 fully saturated rings. The summed E-state index contributed by atoms with van der Waals surface area (Å²) in [4.78, 5) is 69.6. The first kappa shape index (κ1) is 26.4. The summed E-state index contributed by atoms with van der Waals surface area (Å²) in [5.41, 5.74) is 2.33. The molecule has 1 saturated carbocycles. The number of allylic oxidation sites excluding steroid dienone is 2.